The van der Waals surface area contributed by atoms with Crippen molar-refractivity contribution in [2.75, 3.05) is 0 Å². The maximum Gasteiger partial charge on any atom is 0.253 e. The van der Waals surface area contributed by atoms with Gasteiger partial charge in [0.1, 0.15) is 5.82 Å². The summed E-state index contributed by atoms with van der Waals surface area (Å²) in [7, 11) is 0. The van der Waals surface area contributed by atoms with Crippen molar-refractivity contribution in [2.24, 2.45) is 5.92 Å². The highest BCUT2D eigenvalue weighted by Crippen LogP contribution is 1.99. The minimum absolute atomic E-state index is 0.0544. The Labute approximate surface area is 78.4 Å². The second-order valence-electron chi connectivity index (χ2n) is 3.79. The third-order valence-corrected chi connectivity index (χ3v) is 1.87. The van der Waals surface area contributed by atoms with Crippen molar-refractivity contribution >= 4 is 0 Å². The highest BCUT2D eigenvalue weighted by molar-refractivity contribution is 5.01. The highest BCUT2D eigenvalue weighted by atomic mass is 16.1. The summed E-state index contributed by atoms with van der Waals surface area (Å²) in [5.74, 6) is 1.28. The van der Waals surface area contributed by atoms with Gasteiger partial charge in [-0.05, 0) is 19.8 Å². The molecule has 0 spiro atoms. The Bertz CT molecular complexity index is 352. The van der Waals surface area contributed by atoms with E-state index < -0.39 is 0 Å². The number of aromatic nitrogens is 2. The van der Waals surface area contributed by atoms with Crippen molar-refractivity contribution in [1.29, 1.82) is 0 Å². The largest absolute Gasteiger partial charge is 0.297 e. The van der Waals surface area contributed by atoms with Crippen LogP contribution in [-0.2, 0) is 6.54 Å². The summed E-state index contributed by atoms with van der Waals surface area (Å²) >= 11 is 0. The Balaban J connectivity index is 3.14. The SMILES string of the molecule is Cc1cc(=O)n(CC(C)C)c(C)n1. The van der Waals surface area contributed by atoms with Gasteiger partial charge in [0.25, 0.3) is 5.56 Å². The van der Waals surface area contributed by atoms with E-state index in [0.717, 1.165) is 18.1 Å². The maximum atomic E-state index is 11.5. The minimum Gasteiger partial charge on any atom is -0.297 e. The zero-order valence-corrected chi connectivity index (χ0v) is 8.66. The van der Waals surface area contributed by atoms with Gasteiger partial charge >= 0.3 is 0 Å². The third kappa shape index (κ3) is 2.41. The smallest absolute Gasteiger partial charge is 0.253 e. The molecule has 0 N–H and O–H groups in total. The van der Waals surface area contributed by atoms with E-state index in [-0.39, 0.29) is 5.56 Å². The van der Waals surface area contributed by atoms with Crippen LogP contribution in [0.5, 0.6) is 0 Å². The number of hydrogen-bond donors (Lipinski definition) is 0. The molecule has 1 rings (SSSR count). The lowest BCUT2D eigenvalue weighted by atomic mass is 10.2. The van der Waals surface area contributed by atoms with Gasteiger partial charge in [-0.2, -0.15) is 0 Å². The number of aryl methyl sites for hydroxylation is 2. The number of rotatable bonds is 2. The summed E-state index contributed by atoms with van der Waals surface area (Å²) in [5.41, 5.74) is 0.848. The van der Waals surface area contributed by atoms with Gasteiger partial charge in [0.2, 0.25) is 0 Å². The summed E-state index contributed by atoms with van der Waals surface area (Å²) < 4.78 is 1.72. The first-order valence-corrected chi connectivity index (χ1v) is 4.56. The second-order valence-corrected chi connectivity index (χ2v) is 3.79. The van der Waals surface area contributed by atoms with Crippen LogP contribution in [0.3, 0.4) is 0 Å². The quantitative estimate of drug-likeness (QED) is 0.691. The Hall–Kier alpha value is -1.12. The van der Waals surface area contributed by atoms with Gasteiger partial charge in [-0.3, -0.25) is 9.36 Å². The van der Waals surface area contributed by atoms with Crippen LogP contribution in [0.15, 0.2) is 10.9 Å². The van der Waals surface area contributed by atoms with E-state index in [1.807, 2.05) is 13.8 Å². The molecule has 0 saturated heterocycles. The summed E-state index contributed by atoms with van der Waals surface area (Å²) in [4.78, 5) is 15.8. The summed E-state index contributed by atoms with van der Waals surface area (Å²) in [6, 6.07) is 1.58. The zero-order chi connectivity index (χ0) is 10.0. The normalized spacial score (nSPS) is 10.8. The first-order chi connectivity index (χ1) is 6.00. The van der Waals surface area contributed by atoms with Crippen LogP contribution in [0.2, 0.25) is 0 Å². The topological polar surface area (TPSA) is 34.9 Å². The third-order valence-electron chi connectivity index (χ3n) is 1.87. The second kappa shape index (κ2) is 3.73. The van der Waals surface area contributed by atoms with Crippen LogP contribution in [0, 0.1) is 19.8 Å². The molecule has 1 heterocycles. The Morgan fingerprint density at radius 1 is 1.46 bits per heavy atom. The van der Waals surface area contributed by atoms with Crippen LogP contribution >= 0.6 is 0 Å². The molecule has 0 fully saturated rings. The Morgan fingerprint density at radius 3 is 2.54 bits per heavy atom. The van der Waals surface area contributed by atoms with Gasteiger partial charge in [-0.1, -0.05) is 13.8 Å². The predicted octanol–water partition coefficient (Wildman–Crippen LogP) is 1.52. The maximum absolute atomic E-state index is 11.5. The molecular formula is C10H16N2O. The summed E-state index contributed by atoms with van der Waals surface area (Å²) in [6.45, 7) is 8.64. The van der Waals surface area contributed by atoms with Crippen molar-refractivity contribution in [3.63, 3.8) is 0 Å². The lowest BCUT2D eigenvalue weighted by Gasteiger charge is -2.11. The first kappa shape index (κ1) is 9.96. The molecule has 0 amide bonds. The average Bonchev–Trinajstić information content (AvgIpc) is 1.96. The molecule has 3 nitrogen and oxygen atoms in total. The fraction of sp³-hybridized carbons (Fsp3) is 0.600. The fourth-order valence-electron chi connectivity index (χ4n) is 1.35. The number of hydrogen-bond acceptors (Lipinski definition) is 2. The van der Waals surface area contributed by atoms with E-state index in [1.165, 1.54) is 0 Å². The van der Waals surface area contributed by atoms with E-state index in [9.17, 15) is 4.79 Å². The Kier molecular flexibility index (Phi) is 2.86. The molecule has 0 aliphatic heterocycles. The molecule has 3 heteroatoms. The monoisotopic (exact) mass is 180 g/mol. The van der Waals surface area contributed by atoms with Crippen molar-refractivity contribution < 1.29 is 0 Å². The molecule has 0 aliphatic rings. The van der Waals surface area contributed by atoms with Gasteiger partial charge in [-0.15, -0.1) is 0 Å². The standard InChI is InChI=1S/C10H16N2O/c1-7(2)6-12-9(4)11-8(3)5-10(12)13/h5,7H,6H2,1-4H3. The van der Waals surface area contributed by atoms with Crippen molar-refractivity contribution in [2.45, 2.75) is 34.2 Å². The average molecular weight is 180 g/mol. The van der Waals surface area contributed by atoms with Crippen LogP contribution in [0.1, 0.15) is 25.4 Å². The van der Waals surface area contributed by atoms with Gasteiger partial charge in [0.15, 0.2) is 0 Å². The molecule has 0 aromatic carbocycles. The summed E-state index contributed by atoms with van der Waals surface area (Å²) in [6.07, 6.45) is 0. The lowest BCUT2D eigenvalue weighted by Crippen LogP contribution is -2.25. The number of nitrogens with zero attached hydrogens (tertiary/aromatic N) is 2. The lowest BCUT2D eigenvalue weighted by molar-refractivity contribution is 0.493. The predicted molar refractivity (Wildman–Crippen MR) is 52.8 cm³/mol. The van der Waals surface area contributed by atoms with E-state index in [4.69, 9.17) is 0 Å². The van der Waals surface area contributed by atoms with E-state index in [2.05, 4.69) is 18.8 Å². The molecule has 0 bridgehead atoms. The van der Waals surface area contributed by atoms with Crippen LogP contribution < -0.4 is 5.56 Å². The van der Waals surface area contributed by atoms with E-state index in [1.54, 1.807) is 10.6 Å². The van der Waals surface area contributed by atoms with Crippen LogP contribution in [0.25, 0.3) is 0 Å². The molecule has 0 radical (unpaired) electrons. The van der Waals surface area contributed by atoms with Gasteiger partial charge in [-0.25, -0.2) is 4.98 Å². The van der Waals surface area contributed by atoms with E-state index >= 15 is 0 Å². The molecule has 72 valence electrons. The summed E-state index contributed by atoms with van der Waals surface area (Å²) in [5, 5.41) is 0. The van der Waals surface area contributed by atoms with Gasteiger partial charge in [0.05, 0.1) is 0 Å². The van der Waals surface area contributed by atoms with Gasteiger partial charge < -0.3 is 0 Å². The molecule has 0 unspecified atom stereocenters. The van der Waals surface area contributed by atoms with Crippen molar-refractivity contribution in [1.82, 2.24) is 9.55 Å². The molecule has 13 heavy (non-hydrogen) atoms. The van der Waals surface area contributed by atoms with Crippen molar-refractivity contribution in [3.05, 3.63) is 27.9 Å². The Morgan fingerprint density at radius 2 is 2.08 bits per heavy atom. The molecule has 0 aliphatic carbocycles. The molecule has 1 aromatic rings. The molecule has 1 aromatic heterocycles. The first-order valence-electron chi connectivity index (χ1n) is 4.56. The molecule has 0 atom stereocenters. The van der Waals surface area contributed by atoms with E-state index in [0.29, 0.717) is 5.92 Å². The highest BCUT2D eigenvalue weighted by Gasteiger charge is 2.03. The van der Waals surface area contributed by atoms with Crippen molar-refractivity contribution in [3.8, 4) is 0 Å². The minimum atomic E-state index is 0.0544. The van der Waals surface area contributed by atoms with Crippen LogP contribution in [0.4, 0.5) is 0 Å². The molecule has 0 saturated carbocycles. The van der Waals surface area contributed by atoms with Gasteiger partial charge in [0, 0.05) is 18.3 Å². The zero-order valence-electron chi connectivity index (χ0n) is 8.66. The fourth-order valence-corrected chi connectivity index (χ4v) is 1.35. The molecular weight excluding hydrogens is 164 g/mol. The van der Waals surface area contributed by atoms with Crippen LogP contribution in [-0.4, -0.2) is 9.55 Å².